The van der Waals surface area contributed by atoms with Crippen molar-refractivity contribution in [2.24, 2.45) is 0 Å². The lowest BCUT2D eigenvalue weighted by Gasteiger charge is -2.24. The first kappa shape index (κ1) is 57.6. The van der Waals surface area contributed by atoms with Crippen LogP contribution >= 0.6 is 0 Å². The summed E-state index contributed by atoms with van der Waals surface area (Å²) in [5.41, 5.74) is 0. The van der Waals surface area contributed by atoms with Gasteiger partial charge in [-0.05, 0) is 26.6 Å². The molecule has 0 fully saturated rings. The van der Waals surface area contributed by atoms with Crippen molar-refractivity contribution in [3.8, 4) is 0 Å². The quantitative estimate of drug-likeness (QED) is 0.0323. The fourth-order valence-corrected chi connectivity index (χ4v) is 5.08. The number of carbonyl (C=O) groups is 8. The minimum atomic E-state index is -0.436. The molecule has 0 saturated carbocycles. The van der Waals surface area contributed by atoms with Crippen LogP contribution in [-0.4, -0.2) is 231 Å². The second-order valence-corrected chi connectivity index (χ2v) is 13.5. The molecule has 0 aromatic heterocycles. The van der Waals surface area contributed by atoms with Crippen LogP contribution in [0.2, 0.25) is 25.8 Å². The van der Waals surface area contributed by atoms with E-state index in [1.165, 1.54) is 33.7 Å². The van der Waals surface area contributed by atoms with Crippen LogP contribution in [0.5, 0.6) is 0 Å². The lowest BCUT2D eigenvalue weighted by molar-refractivity contribution is -0.136. The summed E-state index contributed by atoms with van der Waals surface area (Å²) in [5.74, 6) is -2.63. The van der Waals surface area contributed by atoms with Gasteiger partial charge in [-0.25, -0.2) is 0 Å². The van der Waals surface area contributed by atoms with E-state index in [1.807, 2.05) is 6.82 Å². The average molecular weight is 809 g/mol. The molecule has 11 radical (unpaired) electrons. The summed E-state index contributed by atoms with van der Waals surface area (Å²) in [6, 6.07) is 0. The highest BCUT2D eigenvalue weighted by molar-refractivity contribution is 7.74. The van der Waals surface area contributed by atoms with Gasteiger partial charge < -0.3 is 46.2 Å². The zero-order valence-electron chi connectivity index (χ0n) is 36.2. The molecule has 0 aromatic rings. The minimum Gasteiger partial charge on any atom is -0.353 e. The first-order chi connectivity index (χ1) is 28.0. The lowest BCUT2D eigenvalue weighted by atomic mass is 8.79. The van der Waals surface area contributed by atoms with Crippen LogP contribution in [0.15, 0.2) is 0 Å². The predicted octanol–water partition coefficient (Wildman–Crippen LogP) is -5.07. The molecule has 313 valence electrons. The highest BCUT2D eigenvalue weighted by Gasteiger charge is 2.20. The van der Waals surface area contributed by atoms with Crippen molar-refractivity contribution in [3.05, 3.63) is 0 Å². The number of amides is 7. The summed E-state index contributed by atoms with van der Waals surface area (Å²) in [7, 11) is 28.4. The molecule has 0 aliphatic rings. The van der Waals surface area contributed by atoms with Crippen LogP contribution < -0.4 is 26.6 Å². The molecule has 0 bridgehead atoms. The molecular formula is C33H61B9N9O8. The Bertz CT molecular complexity index is 1280. The van der Waals surface area contributed by atoms with Gasteiger partial charge in [-0.15, -0.1) is 6.82 Å². The molecule has 0 atom stereocenters. The summed E-state index contributed by atoms with van der Waals surface area (Å²) >= 11 is 0. The minimum absolute atomic E-state index is 0.0316. The van der Waals surface area contributed by atoms with Crippen molar-refractivity contribution in [1.82, 2.24) is 46.2 Å². The molecule has 59 heavy (non-hydrogen) atoms. The second kappa shape index (κ2) is 36.3. The van der Waals surface area contributed by atoms with E-state index in [4.69, 9.17) is 31.1 Å². The van der Waals surface area contributed by atoms with E-state index in [0.29, 0.717) is 32.7 Å². The second-order valence-electron chi connectivity index (χ2n) is 13.5. The number of carbonyl (C=O) groups excluding carboxylic acids is 8. The maximum absolute atomic E-state index is 12.6. The van der Waals surface area contributed by atoms with Crippen molar-refractivity contribution in [3.63, 3.8) is 0 Å². The number of ketones is 1. The number of nitrogens with one attached hydrogen (secondary N) is 5. The molecule has 0 unspecified atom stereocenters. The molecule has 0 saturated heterocycles. The summed E-state index contributed by atoms with van der Waals surface area (Å²) in [4.78, 5) is 103. The highest BCUT2D eigenvalue weighted by atomic mass is 16.2. The van der Waals surface area contributed by atoms with Crippen LogP contribution in [0.25, 0.3) is 0 Å². The van der Waals surface area contributed by atoms with Crippen molar-refractivity contribution in [1.29, 1.82) is 0 Å². The van der Waals surface area contributed by atoms with Gasteiger partial charge in [0.1, 0.15) is 5.78 Å². The number of rotatable bonds is 32. The van der Waals surface area contributed by atoms with E-state index in [-0.39, 0.29) is 121 Å². The number of hydrogen-bond donors (Lipinski definition) is 5. The van der Waals surface area contributed by atoms with Gasteiger partial charge in [-0.1, -0.05) is 27.1 Å². The van der Waals surface area contributed by atoms with E-state index in [2.05, 4.69) is 40.7 Å². The summed E-state index contributed by atoms with van der Waals surface area (Å²) in [5, 5.41) is 14.0. The number of likely N-dealkylation sites (N-methyl/N-ethyl adjacent to an activating group) is 1. The highest BCUT2D eigenvalue weighted by Crippen LogP contribution is 1.98. The van der Waals surface area contributed by atoms with Crippen molar-refractivity contribution < 1.29 is 38.4 Å². The van der Waals surface area contributed by atoms with Crippen LogP contribution in [0, 0.1) is 0 Å². The zero-order chi connectivity index (χ0) is 45.2. The number of hydrogen-bond acceptors (Lipinski definition) is 10. The third-order valence-corrected chi connectivity index (χ3v) is 8.54. The first-order valence-corrected chi connectivity index (χ1v) is 20.2. The molecule has 5 N–H and O–H groups in total. The molecule has 7 amide bonds. The van der Waals surface area contributed by atoms with E-state index in [1.54, 1.807) is 28.0 Å². The van der Waals surface area contributed by atoms with Gasteiger partial charge in [-0.3, -0.25) is 38.4 Å². The Morgan fingerprint density at radius 2 is 1.05 bits per heavy atom. The summed E-state index contributed by atoms with van der Waals surface area (Å²) in [6.07, 6.45) is 1.24. The number of nitrogens with zero attached hydrogens (tertiary/aromatic N) is 4. The van der Waals surface area contributed by atoms with E-state index in [9.17, 15) is 38.4 Å². The molecule has 0 aliphatic heterocycles. The molecular weight excluding hydrogens is 748 g/mol. The van der Waals surface area contributed by atoms with Crippen LogP contribution in [0.1, 0.15) is 40.5 Å². The molecule has 0 rings (SSSR count). The van der Waals surface area contributed by atoms with Crippen molar-refractivity contribution in [2.75, 3.05) is 98.7 Å². The van der Waals surface area contributed by atoms with E-state index >= 15 is 0 Å². The maximum Gasteiger partial charge on any atom is 0.239 e. The Morgan fingerprint density at radius 3 is 1.47 bits per heavy atom. The van der Waals surface area contributed by atoms with Gasteiger partial charge in [0.05, 0.1) is 48.4 Å². The maximum atomic E-state index is 12.6. The van der Waals surface area contributed by atoms with Crippen LogP contribution in [0.3, 0.4) is 0 Å². The lowest BCUT2D eigenvalue weighted by Crippen LogP contribution is -2.47. The Labute approximate surface area is 361 Å². The Balaban J connectivity index is 0. The third-order valence-electron chi connectivity index (χ3n) is 8.54. The van der Waals surface area contributed by atoms with Gasteiger partial charge in [0, 0.05) is 121 Å². The fraction of sp³-hybridized carbons (Fsp3) is 0.758. The molecule has 0 aromatic carbocycles. The number of Topliss-reactive ketones (excluding diaryl/α,β-unsaturated/α-hetero) is 1. The summed E-state index contributed by atoms with van der Waals surface area (Å²) < 4.78 is 0. The Kier molecular flexibility index (Phi) is 35.4. The molecule has 0 aliphatic carbocycles. The fourth-order valence-electron chi connectivity index (χ4n) is 5.08. The topological polar surface area (TPSA) is 210 Å². The van der Waals surface area contributed by atoms with E-state index < -0.39 is 23.6 Å². The molecule has 0 spiro atoms. The molecule has 26 heteroatoms. The van der Waals surface area contributed by atoms with Gasteiger partial charge >= 0.3 is 0 Å². The summed E-state index contributed by atoms with van der Waals surface area (Å²) in [6.45, 7) is 10.8. The van der Waals surface area contributed by atoms with Crippen molar-refractivity contribution >= 4 is 112 Å². The van der Waals surface area contributed by atoms with Gasteiger partial charge in [0.2, 0.25) is 41.4 Å². The third kappa shape index (κ3) is 29.4. The zero-order valence-corrected chi connectivity index (χ0v) is 36.2. The normalized spacial score (nSPS) is 10.1. The first-order valence-electron chi connectivity index (χ1n) is 20.2. The standard InChI is InChI=1S/C30H53B3N9O8.C3H8B6/c1-5-27(47)39(19-23(3)43)15-11-37-25(45)20-40(28(48)6-2)14-10-35-7-8-36-24(44)22-42(30(50)18-33-32)16-12-38-26(46)21-41(13-9-34-4)29(49)17-31;1-3-6-9(5)8(2)7-4/h34-35H,5-22H2,1-4H3,(H,36,44)(H,37,45)(H,38,46);3H2,1-2H3. The van der Waals surface area contributed by atoms with Crippen LogP contribution in [-0.2, 0) is 38.4 Å². The van der Waals surface area contributed by atoms with Crippen LogP contribution in [0.4, 0.5) is 0 Å². The Morgan fingerprint density at radius 1 is 0.610 bits per heavy atom. The van der Waals surface area contributed by atoms with Gasteiger partial charge in [0.15, 0.2) is 0 Å². The average Bonchev–Trinajstić information content (AvgIpc) is 3.21. The predicted molar refractivity (Wildman–Crippen MR) is 241 cm³/mol. The Hall–Kier alpha value is -3.54. The smallest absolute Gasteiger partial charge is 0.239 e. The SMILES string of the molecule is [B][B]B(C)B([B])[B]CC.[B][B]CC(=O)N(CCNC(=O)CN(CCNC)C(=O)C[B])CC(=O)NCCNCCN(CC(=O)NCCN(CC(C)=O)C(=O)CC)C(=O)CC. The molecule has 17 nitrogen and oxygen atoms in total. The monoisotopic (exact) mass is 811 g/mol. The van der Waals surface area contributed by atoms with E-state index in [0.717, 1.165) is 6.32 Å². The van der Waals surface area contributed by atoms with Gasteiger partial charge in [0.25, 0.3) is 0 Å². The largest absolute Gasteiger partial charge is 0.353 e. The molecule has 0 heterocycles. The van der Waals surface area contributed by atoms with Crippen molar-refractivity contribution in [2.45, 2.75) is 66.3 Å². The van der Waals surface area contributed by atoms with Gasteiger partial charge in [-0.2, -0.15) is 0 Å².